The molecule has 64 valence electrons. The maximum atomic E-state index is 10.9. The quantitative estimate of drug-likeness (QED) is 0.339. The van der Waals surface area contributed by atoms with Crippen molar-refractivity contribution in [3.63, 3.8) is 0 Å². The minimum atomic E-state index is -0.468. The summed E-state index contributed by atoms with van der Waals surface area (Å²) >= 11 is 8.78. The highest BCUT2D eigenvalue weighted by Crippen LogP contribution is 2.19. The van der Waals surface area contributed by atoms with Gasteiger partial charge in [-0.15, -0.1) is 0 Å². The van der Waals surface area contributed by atoms with Crippen LogP contribution in [0.25, 0.3) is 0 Å². The third kappa shape index (κ3) is 1.94. The summed E-state index contributed by atoms with van der Waals surface area (Å²) in [6.45, 7) is 0. The van der Waals surface area contributed by atoms with Crippen molar-refractivity contribution in [3.8, 4) is 0 Å². The number of nitrogens with one attached hydrogen (secondary N) is 1. The van der Waals surface area contributed by atoms with E-state index in [4.69, 9.17) is 17.4 Å². The number of aromatic nitrogens is 1. The number of carbonyl (C=O) groups is 1. The van der Waals surface area contributed by atoms with E-state index in [9.17, 15) is 4.79 Å². The second-order valence-electron chi connectivity index (χ2n) is 1.94. The molecular weight excluding hydrogens is 245 g/mol. The zero-order chi connectivity index (χ0) is 9.14. The van der Waals surface area contributed by atoms with Crippen LogP contribution in [0.3, 0.4) is 0 Å². The fourth-order valence-electron chi connectivity index (χ4n) is 0.618. The number of hydrogen-bond donors (Lipinski definition) is 2. The first-order valence-electron chi connectivity index (χ1n) is 2.98. The van der Waals surface area contributed by atoms with Crippen LogP contribution in [0.15, 0.2) is 16.6 Å². The topological polar surface area (TPSA) is 68.0 Å². The minimum Gasteiger partial charge on any atom is -0.289 e. The van der Waals surface area contributed by atoms with Crippen LogP contribution < -0.4 is 11.3 Å². The fraction of sp³-hybridized carbons (Fsp3) is 0. The number of nitrogens with two attached hydrogens (primary N) is 1. The van der Waals surface area contributed by atoms with Gasteiger partial charge in [0.1, 0.15) is 10.8 Å². The van der Waals surface area contributed by atoms with Crippen LogP contribution >= 0.6 is 27.5 Å². The van der Waals surface area contributed by atoms with Gasteiger partial charge in [-0.3, -0.25) is 10.2 Å². The monoisotopic (exact) mass is 249 g/mol. The van der Waals surface area contributed by atoms with Crippen molar-refractivity contribution in [2.45, 2.75) is 0 Å². The van der Waals surface area contributed by atoms with Gasteiger partial charge >= 0.3 is 0 Å². The molecule has 0 atom stereocenters. The van der Waals surface area contributed by atoms with Crippen molar-refractivity contribution in [1.29, 1.82) is 0 Å². The Morgan fingerprint density at radius 3 is 2.83 bits per heavy atom. The Morgan fingerprint density at radius 2 is 2.33 bits per heavy atom. The van der Waals surface area contributed by atoms with Crippen LogP contribution in [0.5, 0.6) is 0 Å². The van der Waals surface area contributed by atoms with E-state index < -0.39 is 5.91 Å². The van der Waals surface area contributed by atoms with Gasteiger partial charge in [-0.2, -0.15) is 0 Å². The number of pyridine rings is 1. The van der Waals surface area contributed by atoms with Crippen molar-refractivity contribution in [2.75, 3.05) is 0 Å². The minimum absolute atomic E-state index is 0.186. The van der Waals surface area contributed by atoms with Gasteiger partial charge in [-0.05, 0) is 28.1 Å². The molecule has 1 rings (SSSR count). The summed E-state index contributed by atoms with van der Waals surface area (Å²) < 4.78 is 0.637. The second kappa shape index (κ2) is 3.84. The lowest BCUT2D eigenvalue weighted by atomic mass is 10.3. The molecule has 4 nitrogen and oxygen atoms in total. The number of amides is 1. The lowest BCUT2D eigenvalue weighted by molar-refractivity contribution is 0.0948. The number of nitrogens with zero attached hydrogens (tertiary/aromatic N) is 1. The molecule has 0 saturated heterocycles. The molecule has 0 saturated carbocycles. The van der Waals surface area contributed by atoms with Crippen molar-refractivity contribution in [2.24, 2.45) is 5.84 Å². The third-order valence-corrected chi connectivity index (χ3v) is 2.32. The molecule has 0 aromatic carbocycles. The zero-order valence-corrected chi connectivity index (χ0v) is 8.19. The first-order chi connectivity index (χ1) is 5.65. The van der Waals surface area contributed by atoms with Gasteiger partial charge < -0.3 is 0 Å². The van der Waals surface area contributed by atoms with Crippen LogP contribution in [-0.2, 0) is 0 Å². The summed E-state index contributed by atoms with van der Waals surface area (Å²) in [5, 5.41) is 0.233. The summed E-state index contributed by atoms with van der Waals surface area (Å²) in [6, 6.07) is 3.14. The van der Waals surface area contributed by atoms with E-state index in [1.54, 1.807) is 6.07 Å². The number of rotatable bonds is 1. The number of carbonyl (C=O) groups excluding carboxylic acids is 1. The maximum Gasteiger partial charge on any atom is 0.283 e. The highest BCUT2D eigenvalue weighted by Gasteiger charge is 2.06. The van der Waals surface area contributed by atoms with Gasteiger partial charge in [-0.25, -0.2) is 10.8 Å². The van der Waals surface area contributed by atoms with Crippen LogP contribution in [0.2, 0.25) is 5.15 Å². The second-order valence-corrected chi connectivity index (χ2v) is 3.15. The predicted molar refractivity (Wildman–Crippen MR) is 48.6 cm³/mol. The third-order valence-electron chi connectivity index (χ3n) is 1.17. The predicted octanol–water partition coefficient (Wildman–Crippen LogP) is 1.10. The number of nitrogen functional groups attached to an aromatic ring is 1. The van der Waals surface area contributed by atoms with E-state index in [1.807, 2.05) is 5.43 Å². The molecule has 0 unspecified atom stereocenters. The molecule has 0 aliphatic carbocycles. The van der Waals surface area contributed by atoms with Crippen molar-refractivity contribution < 1.29 is 4.79 Å². The standard InChI is InChI=1S/C6H5BrClN3O/c7-3-1-2-4(6(12)11-9)10-5(3)8/h1-2H,9H2,(H,11,12). The summed E-state index contributed by atoms with van der Waals surface area (Å²) in [5.41, 5.74) is 2.14. The number of hydrogen-bond acceptors (Lipinski definition) is 3. The molecule has 1 aromatic rings. The van der Waals surface area contributed by atoms with Crippen LogP contribution in [0.1, 0.15) is 10.5 Å². The molecule has 3 N–H and O–H groups in total. The van der Waals surface area contributed by atoms with Crippen molar-refractivity contribution >= 4 is 33.4 Å². The Morgan fingerprint density at radius 1 is 1.67 bits per heavy atom. The lowest BCUT2D eigenvalue weighted by Crippen LogP contribution is -2.30. The highest BCUT2D eigenvalue weighted by atomic mass is 79.9. The van der Waals surface area contributed by atoms with E-state index >= 15 is 0 Å². The van der Waals surface area contributed by atoms with Crippen molar-refractivity contribution in [1.82, 2.24) is 10.4 Å². The number of hydrazine groups is 1. The molecular formula is C6H5BrClN3O. The Balaban J connectivity index is 3.05. The van der Waals surface area contributed by atoms with Crippen LogP contribution in [-0.4, -0.2) is 10.9 Å². The van der Waals surface area contributed by atoms with Crippen LogP contribution in [0.4, 0.5) is 0 Å². The Bertz CT molecular complexity index is 318. The first-order valence-corrected chi connectivity index (χ1v) is 4.15. The molecule has 1 aromatic heterocycles. The van der Waals surface area contributed by atoms with E-state index in [1.165, 1.54) is 6.07 Å². The molecule has 1 heterocycles. The zero-order valence-electron chi connectivity index (χ0n) is 5.84. The van der Waals surface area contributed by atoms with Crippen molar-refractivity contribution in [3.05, 3.63) is 27.5 Å². The average Bonchev–Trinajstić information content (AvgIpc) is 2.08. The summed E-state index contributed by atoms with van der Waals surface area (Å²) in [6.07, 6.45) is 0. The van der Waals surface area contributed by atoms with Gasteiger partial charge in [0.15, 0.2) is 0 Å². The van der Waals surface area contributed by atoms with Gasteiger partial charge in [0.05, 0.1) is 4.47 Å². The highest BCUT2D eigenvalue weighted by molar-refractivity contribution is 9.10. The SMILES string of the molecule is NNC(=O)c1ccc(Br)c(Cl)n1. The Labute approximate surface area is 82.2 Å². The average molecular weight is 250 g/mol. The summed E-state index contributed by atoms with van der Waals surface area (Å²) in [5.74, 6) is 4.43. The normalized spacial score (nSPS) is 9.58. The molecule has 0 spiro atoms. The lowest BCUT2D eigenvalue weighted by Gasteiger charge is -1.99. The molecule has 12 heavy (non-hydrogen) atoms. The van der Waals surface area contributed by atoms with Gasteiger partial charge in [0.2, 0.25) is 0 Å². The van der Waals surface area contributed by atoms with Gasteiger partial charge in [0.25, 0.3) is 5.91 Å². The fourth-order valence-corrected chi connectivity index (χ4v) is 0.993. The van der Waals surface area contributed by atoms with Gasteiger partial charge in [-0.1, -0.05) is 11.6 Å². The molecule has 6 heteroatoms. The summed E-state index contributed by atoms with van der Waals surface area (Å²) in [7, 11) is 0. The van der Waals surface area contributed by atoms with E-state index in [0.717, 1.165) is 0 Å². The van der Waals surface area contributed by atoms with E-state index in [0.29, 0.717) is 4.47 Å². The molecule has 0 radical (unpaired) electrons. The summed E-state index contributed by atoms with van der Waals surface area (Å²) in [4.78, 5) is 14.7. The molecule has 1 amide bonds. The number of halogens is 2. The maximum absolute atomic E-state index is 10.9. The largest absolute Gasteiger partial charge is 0.289 e. The van der Waals surface area contributed by atoms with E-state index in [-0.39, 0.29) is 10.8 Å². The molecule has 0 aliphatic heterocycles. The molecule has 0 aliphatic rings. The first kappa shape index (κ1) is 9.44. The smallest absolute Gasteiger partial charge is 0.283 e. The van der Waals surface area contributed by atoms with Crippen LogP contribution in [0, 0.1) is 0 Å². The molecule has 0 bridgehead atoms. The Hall–Kier alpha value is -0.650. The van der Waals surface area contributed by atoms with E-state index in [2.05, 4.69) is 20.9 Å². The Kier molecular flexibility index (Phi) is 3.02. The van der Waals surface area contributed by atoms with Gasteiger partial charge in [0, 0.05) is 0 Å². The molecule has 0 fully saturated rings.